The quantitative estimate of drug-likeness (QED) is 0.905. The zero-order valence-corrected chi connectivity index (χ0v) is 10.6. The van der Waals surface area contributed by atoms with Crippen molar-refractivity contribution in [2.45, 2.75) is 19.4 Å². The molecule has 0 fully saturated rings. The van der Waals surface area contributed by atoms with Crippen molar-refractivity contribution in [3.8, 4) is 0 Å². The van der Waals surface area contributed by atoms with E-state index in [4.69, 9.17) is 28.3 Å². The predicted molar refractivity (Wildman–Crippen MR) is 66.6 cm³/mol. The van der Waals surface area contributed by atoms with Gasteiger partial charge in [0.05, 0.1) is 22.2 Å². The highest BCUT2D eigenvalue weighted by atomic mass is 35.5. The van der Waals surface area contributed by atoms with E-state index in [0.717, 1.165) is 5.69 Å². The largest absolute Gasteiger partial charge is 0.481 e. The smallest absolute Gasteiger partial charge is 0.305 e. The molecule has 5 heteroatoms. The topological polar surface area (TPSA) is 40.5 Å². The number of aliphatic carboxylic acids is 1. The zero-order chi connectivity index (χ0) is 12.3. The number of rotatable bonds is 4. The van der Waals surface area contributed by atoms with Crippen LogP contribution in [0.5, 0.6) is 0 Å². The number of nitrogens with zero attached hydrogens (tertiary/aromatic N) is 1. The van der Waals surface area contributed by atoms with Gasteiger partial charge in [0.25, 0.3) is 0 Å². The number of hydrogen-bond acceptors (Lipinski definition) is 2. The standard InChI is InChI=1S/C11H13Cl2NO2/c1-7(6-10(15)16)14(2)9-5-3-4-8(12)11(9)13/h3-5,7H,6H2,1-2H3,(H,15,16). The van der Waals surface area contributed by atoms with Crippen LogP contribution < -0.4 is 4.90 Å². The molecule has 1 atom stereocenters. The molecular weight excluding hydrogens is 249 g/mol. The lowest BCUT2D eigenvalue weighted by Crippen LogP contribution is -2.31. The molecule has 0 saturated carbocycles. The van der Waals surface area contributed by atoms with Gasteiger partial charge in [-0.1, -0.05) is 29.3 Å². The Balaban J connectivity index is 2.91. The minimum atomic E-state index is -0.836. The van der Waals surface area contributed by atoms with Crippen molar-refractivity contribution >= 4 is 34.9 Å². The molecule has 3 nitrogen and oxygen atoms in total. The number of carboxylic acids is 1. The Hall–Kier alpha value is -0.930. The Morgan fingerprint density at radius 2 is 2.12 bits per heavy atom. The first kappa shape index (κ1) is 13.1. The van der Waals surface area contributed by atoms with Crippen molar-refractivity contribution in [1.82, 2.24) is 0 Å². The van der Waals surface area contributed by atoms with Crippen LogP contribution in [0.4, 0.5) is 5.69 Å². The molecule has 0 aliphatic carbocycles. The molecule has 0 amide bonds. The van der Waals surface area contributed by atoms with Gasteiger partial charge in [-0.2, -0.15) is 0 Å². The Kier molecular flexibility index (Phi) is 4.44. The fraction of sp³-hybridized carbons (Fsp3) is 0.364. The summed E-state index contributed by atoms with van der Waals surface area (Å²) >= 11 is 11.9. The lowest BCUT2D eigenvalue weighted by molar-refractivity contribution is -0.137. The van der Waals surface area contributed by atoms with Gasteiger partial charge in [0.1, 0.15) is 0 Å². The highest BCUT2D eigenvalue weighted by Gasteiger charge is 2.16. The molecule has 0 radical (unpaired) electrons. The first-order chi connectivity index (χ1) is 7.43. The first-order valence-corrected chi connectivity index (χ1v) is 5.57. The van der Waals surface area contributed by atoms with Gasteiger partial charge in [-0.05, 0) is 19.1 Å². The van der Waals surface area contributed by atoms with Crippen molar-refractivity contribution in [1.29, 1.82) is 0 Å². The summed E-state index contributed by atoms with van der Waals surface area (Å²) in [6.45, 7) is 1.82. The SMILES string of the molecule is CC(CC(=O)O)N(C)c1cccc(Cl)c1Cl. The van der Waals surface area contributed by atoms with Gasteiger partial charge >= 0.3 is 5.97 Å². The van der Waals surface area contributed by atoms with Gasteiger partial charge in [-0.3, -0.25) is 4.79 Å². The number of carboxylic acid groups (broad SMARTS) is 1. The summed E-state index contributed by atoms with van der Waals surface area (Å²) < 4.78 is 0. The predicted octanol–water partition coefficient (Wildman–Crippen LogP) is 3.29. The minimum Gasteiger partial charge on any atom is -0.481 e. The van der Waals surface area contributed by atoms with Crippen LogP contribution >= 0.6 is 23.2 Å². The average molecular weight is 262 g/mol. The summed E-state index contributed by atoms with van der Waals surface area (Å²) in [6, 6.07) is 5.15. The molecule has 1 aromatic rings. The van der Waals surface area contributed by atoms with Crippen molar-refractivity contribution in [3.63, 3.8) is 0 Å². The third-order valence-electron chi connectivity index (χ3n) is 2.44. The first-order valence-electron chi connectivity index (χ1n) is 4.82. The van der Waals surface area contributed by atoms with Crippen molar-refractivity contribution in [3.05, 3.63) is 28.2 Å². The molecule has 0 bridgehead atoms. The lowest BCUT2D eigenvalue weighted by Gasteiger charge is -2.27. The van der Waals surface area contributed by atoms with Gasteiger partial charge in [0, 0.05) is 13.1 Å². The third-order valence-corrected chi connectivity index (χ3v) is 3.25. The van der Waals surface area contributed by atoms with Crippen molar-refractivity contribution < 1.29 is 9.90 Å². The van der Waals surface area contributed by atoms with E-state index in [1.165, 1.54) is 0 Å². The van der Waals surface area contributed by atoms with E-state index in [1.54, 1.807) is 19.2 Å². The van der Waals surface area contributed by atoms with E-state index in [0.29, 0.717) is 10.0 Å². The number of anilines is 1. The monoisotopic (exact) mass is 261 g/mol. The maximum absolute atomic E-state index is 10.6. The number of halogens is 2. The molecule has 1 unspecified atom stereocenters. The molecule has 0 aliphatic heterocycles. The molecule has 1 aromatic carbocycles. The maximum atomic E-state index is 10.6. The van der Waals surface area contributed by atoms with Crippen LogP contribution in [-0.4, -0.2) is 24.2 Å². The van der Waals surface area contributed by atoms with Crippen LogP contribution in [0, 0.1) is 0 Å². The molecule has 1 rings (SSSR count). The summed E-state index contributed by atoms with van der Waals surface area (Å²) in [7, 11) is 1.80. The minimum absolute atomic E-state index is 0.0549. The highest BCUT2D eigenvalue weighted by Crippen LogP contribution is 2.32. The molecule has 0 saturated heterocycles. The van der Waals surface area contributed by atoms with Gasteiger partial charge in [0.2, 0.25) is 0 Å². The second-order valence-electron chi connectivity index (χ2n) is 3.63. The Labute approximate surface area is 105 Å². The highest BCUT2D eigenvalue weighted by molar-refractivity contribution is 6.43. The van der Waals surface area contributed by atoms with Crippen LogP contribution in [0.2, 0.25) is 10.0 Å². The Morgan fingerprint density at radius 1 is 1.50 bits per heavy atom. The van der Waals surface area contributed by atoms with E-state index in [9.17, 15) is 4.79 Å². The van der Waals surface area contributed by atoms with Crippen molar-refractivity contribution in [2.24, 2.45) is 0 Å². The summed E-state index contributed by atoms with van der Waals surface area (Å²) in [5.41, 5.74) is 0.739. The van der Waals surface area contributed by atoms with E-state index < -0.39 is 5.97 Å². The summed E-state index contributed by atoms with van der Waals surface area (Å²) in [6.07, 6.45) is 0.0549. The molecular formula is C11H13Cl2NO2. The van der Waals surface area contributed by atoms with E-state index >= 15 is 0 Å². The van der Waals surface area contributed by atoms with Gasteiger partial charge in [-0.15, -0.1) is 0 Å². The van der Waals surface area contributed by atoms with Crippen molar-refractivity contribution in [2.75, 3.05) is 11.9 Å². The molecule has 16 heavy (non-hydrogen) atoms. The van der Waals surface area contributed by atoms with Crippen LogP contribution in [0.25, 0.3) is 0 Å². The summed E-state index contributed by atoms with van der Waals surface area (Å²) in [5, 5.41) is 9.63. The molecule has 0 spiro atoms. The van der Waals surface area contributed by atoms with Crippen LogP contribution in [0.15, 0.2) is 18.2 Å². The maximum Gasteiger partial charge on any atom is 0.305 e. The molecule has 88 valence electrons. The fourth-order valence-corrected chi connectivity index (χ4v) is 1.82. The van der Waals surface area contributed by atoms with E-state index in [1.807, 2.05) is 17.9 Å². The van der Waals surface area contributed by atoms with Gasteiger partial charge in [-0.25, -0.2) is 0 Å². The Morgan fingerprint density at radius 3 is 2.69 bits per heavy atom. The Bertz CT molecular complexity index is 396. The fourth-order valence-electron chi connectivity index (χ4n) is 1.39. The summed E-state index contributed by atoms with van der Waals surface area (Å²) in [5.74, 6) is -0.836. The molecule has 0 aromatic heterocycles. The number of carbonyl (C=O) groups is 1. The van der Waals surface area contributed by atoms with E-state index in [2.05, 4.69) is 0 Å². The van der Waals surface area contributed by atoms with Crippen LogP contribution in [0.3, 0.4) is 0 Å². The van der Waals surface area contributed by atoms with Gasteiger partial charge in [0.15, 0.2) is 0 Å². The molecule has 0 heterocycles. The number of benzene rings is 1. The second-order valence-corrected chi connectivity index (χ2v) is 4.42. The second kappa shape index (κ2) is 5.41. The third kappa shape index (κ3) is 3.03. The zero-order valence-electron chi connectivity index (χ0n) is 9.08. The van der Waals surface area contributed by atoms with Crippen LogP contribution in [-0.2, 0) is 4.79 Å². The average Bonchev–Trinajstić information content (AvgIpc) is 2.20. The molecule has 0 aliphatic rings. The number of hydrogen-bond donors (Lipinski definition) is 1. The lowest BCUT2D eigenvalue weighted by atomic mass is 10.2. The van der Waals surface area contributed by atoms with Crippen LogP contribution in [0.1, 0.15) is 13.3 Å². The van der Waals surface area contributed by atoms with E-state index in [-0.39, 0.29) is 12.5 Å². The molecule has 1 N–H and O–H groups in total. The van der Waals surface area contributed by atoms with Gasteiger partial charge < -0.3 is 10.0 Å². The normalized spacial score (nSPS) is 12.2. The summed E-state index contributed by atoms with van der Waals surface area (Å²) in [4.78, 5) is 12.4.